The van der Waals surface area contributed by atoms with Gasteiger partial charge in [0.15, 0.2) is 11.4 Å². The molecule has 0 bridgehead atoms. The highest BCUT2D eigenvalue weighted by molar-refractivity contribution is 6.30. The molecule has 0 aliphatic carbocycles. The fourth-order valence-corrected chi connectivity index (χ4v) is 2.71. The van der Waals surface area contributed by atoms with Crippen LogP contribution in [0.2, 0.25) is 5.02 Å². The minimum Gasteiger partial charge on any atom is -0.494 e. The van der Waals surface area contributed by atoms with Gasteiger partial charge >= 0.3 is 0 Å². The lowest BCUT2D eigenvalue weighted by Crippen LogP contribution is -2.46. The summed E-state index contributed by atoms with van der Waals surface area (Å²) in [6, 6.07) is 14.2. The highest BCUT2D eigenvalue weighted by Crippen LogP contribution is 2.21. The number of carbonyl (C=O) groups excluding carboxylic acids is 1. The summed E-state index contributed by atoms with van der Waals surface area (Å²) in [5, 5.41) is 15.1. The van der Waals surface area contributed by atoms with Crippen molar-refractivity contribution in [3.63, 3.8) is 0 Å². The van der Waals surface area contributed by atoms with Crippen LogP contribution in [0.15, 0.2) is 48.5 Å². The van der Waals surface area contributed by atoms with Gasteiger partial charge in [-0.3, -0.25) is 4.79 Å². The molecule has 0 saturated heterocycles. The molecule has 0 atom stereocenters. The Labute approximate surface area is 173 Å². The van der Waals surface area contributed by atoms with E-state index >= 15 is 0 Å². The van der Waals surface area contributed by atoms with Gasteiger partial charge in [0, 0.05) is 5.02 Å². The molecular weight excluding hydrogens is 394 g/mol. The fourth-order valence-electron chi connectivity index (χ4n) is 2.58. The van der Waals surface area contributed by atoms with Crippen molar-refractivity contribution in [3.05, 3.63) is 59.4 Å². The summed E-state index contributed by atoms with van der Waals surface area (Å²) >= 11 is 5.88. The average Bonchev–Trinajstić information content (AvgIpc) is 3.17. The maximum Gasteiger partial charge on any atom is 0.263 e. The number of halogens is 1. The molecule has 0 unspecified atom stereocenters. The van der Waals surface area contributed by atoms with E-state index < -0.39 is 5.60 Å². The molecule has 152 valence electrons. The normalized spacial score (nSPS) is 11.2. The lowest BCUT2D eigenvalue weighted by molar-refractivity contribution is -0.134. The van der Waals surface area contributed by atoms with Gasteiger partial charge in [0.2, 0.25) is 0 Å². The zero-order valence-corrected chi connectivity index (χ0v) is 17.2. The van der Waals surface area contributed by atoms with Crippen LogP contribution >= 0.6 is 11.6 Å². The molecule has 0 aliphatic heterocycles. The van der Waals surface area contributed by atoms with Crippen LogP contribution in [0.5, 0.6) is 11.5 Å². The summed E-state index contributed by atoms with van der Waals surface area (Å²) in [4.78, 5) is 12.6. The zero-order chi connectivity index (χ0) is 20.9. The van der Waals surface area contributed by atoms with Crippen molar-refractivity contribution < 1.29 is 14.3 Å². The summed E-state index contributed by atoms with van der Waals surface area (Å²) in [5.74, 6) is 1.51. The maximum atomic E-state index is 12.6. The van der Waals surface area contributed by atoms with E-state index in [0.717, 1.165) is 11.4 Å². The Balaban J connectivity index is 1.64. The quantitative estimate of drug-likeness (QED) is 0.607. The summed E-state index contributed by atoms with van der Waals surface area (Å²) in [5.41, 5.74) is -0.329. The van der Waals surface area contributed by atoms with Gasteiger partial charge in [-0.15, -0.1) is 5.10 Å². The number of nitrogens with one attached hydrogen (secondary N) is 1. The maximum absolute atomic E-state index is 12.6. The molecule has 0 radical (unpaired) electrons. The summed E-state index contributed by atoms with van der Waals surface area (Å²) in [7, 11) is 0. The van der Waals surface area contributed by atoms with Gasteiger partial charge in [-0.2, -0.15) is 4.68 Å². The molecule has 0 aliphatic rings. The van der Waals surface area contributed by atoms with Crippen LogP contribution in [0.3, 0.4) is 0 Å². The third-order valence-corrected chi connectivity index (χ3v) is 4.32. The van der Waals surface area contributed by atoms with E-state index in [9.17, 15) is 4.79 Å². The van der Waals surface area contributed by atoms with E-state index in [4.69, 9.17) is 21.1 Å². The third kappa shape index (κ3) is 5.23. The van der Waals surface area contributed by atoms with E-state index in [1.807, 2.05) is 31.2 Å². The molecule has 8 nitrogen and oxygen atoms in total. The second kappa shape index (κ2) is 8.91. The molecule has 1 heterocycles. The van der Waals surface area contributed by atoms with Crippen molar-refractivity contribution in [2.75, 3.05) is 6.61 Å². The molecule has 29 heavy (non-hydrogen) atoms. The fraction of sp³-hybridized carbons (Fsp3) is 0.300. The van der Waals surface area contributed by atoms with Crippen molar-refractivity contribution in [3.8, 4) is 17.2 Å². The molecule has 1 N–H and O–H groups in total. The second-order valence-corrected chi connectivity index (χ2v) is 7.12. The van der Waals surface area contributed by atoms with Gasteiger partial charge in [-0.05, 0) is 79.7 Å². The number of amides is 1. The molecule has 1 aromatic heterocycles. The van der Waals surface area contributed by atoms with Crippen LogP contribution in [-0.2, 0) is 11.3 Å². The first-order valence-electron chi connectivity index (χ1n) is 9.12. The van der Waals surface area contributed by atoms with Gasteiger partial charge in [0.1, 0.15) is 11.5 Å². The number of tetrazole rings is 1. The largest absolute Gasteiger partial charge is 0.494 e. The summed E-state index contributed by atoms with van der Waals surface area (Å²) in [6.07, 6.45) is 0. The highest BCUT2D eigenvalue weighted by atomic mass is 35.5. The van der Waals surface area contributed by atoms with Crippen molar-refractivity contribution in [1.29, 1.82) is 0 Å². The monoisotopic (exact) mass is 415 g/mol. The minimum atomic E-state index is -1.09. The predicted octanol–water partition coefficient (Wildman–Crippen LogP) is 3.19. The Bertz CT molecular complexity index is 955. The molecular formula is C20H22ClN5O3. The molecule has 0 fully saturated rings. The van der Waals surface area contributed by atoms with Gasteiger partial charge in [0.25, 0.3) is 5.91 Å². The van der Waals surface area contributed by atoms with E-state index in [-0.39, 0.29) is 12.5 Å². The van der Waals surface area contributed by atoms with Gasteiger partial charge in [-0.1, -0.05) is 11.6 Å². The Hall–Kier alpha value is -3.13. The topological polar surface area (TPSA) is 91.2 Å². The van der Waals surface area contributed by atoms with E-state index in [1.165, 1.54) is 0 Å². The molecule has 2 aromatic carbocycles. The van der Waals surface area contributed by atoms with Crippen molar-refractivity contribution in [2.24, 2.45) is 0 Å². The number of hydrogen-bond acceptors (Lipinski definition) is 6. The Morgan fingerprint density at radius 1 is 1.10 bits per heavy atom. The number of aromatic nitrogens is 4. The van der Waals surface area contributed by atoms with Gasteiger partial charge < -0.3 is 14.8 Å². The van der Waals surface area contributed by atoms with Crippen LogP contribution < -0.4 is 14.8 Å². The number of carbonyl (C=O) groups is 1. The number of benzene rings is 2. The first kappa shape index (κ1) is 20.6. The van der Waals surface area contributed by atoms with Gasteiger partial charge in [0.05, 0.1) is 18.8 Å². The highest BCUT2D eigenvalue weighted by Gasteiger charge is 2.30. The number of ether oxygens (including phenoxy) is 2. The molecule has 3 rings (SSSR count). The van der Waals surface area contributed by atoms with Crippen molar-refractivity contribution >= 4 is 17.5 Å². The Morgan fingerprint density at radius 3 is 2.41 bits per heavy atom. The SMILES string of the molecule is CCOc1ccc(-n2nnnc2CNC(=O)C(C)(C)Oc2ccc(Cl)cc2)cc1. The number of nitrogens with zero attached hydrogens (tertiary/aromatic N) is 4. The Kier molecular flexibility index (Phi) is 6.33. The summed E-state index contributed by atoms with van der Waals surface area (Å²) < 4.78 is 12.8. The summed E-state index contributed by atoms with van der Waals surface area (Å²) in [6.45, 7) is 6.04. The van der Waals surface area contributed by atoms with Gasteiger partial charge in [-0.25, -0.2) is 0 Å². The second-order valence-electron chi connectivity index (χ2n) is 6.68. The van der Waals surface area contributed by atoms with E-state index in [0.29, 0.717) is 23.2 Å². The molecule has 1 amide bonds. The van der Waals surface area contributed by atoms with Crippen molar-refractivity contribution in [2.45, 2.75) is 32.9 Å². The Morgan fingerprint density at radius 2 is 1.76 bits per heavy atom. The molecule has 0 saturated carbocycles. The predicted molar refractivity (Wildman–Crippen MR) is 108 cm³/mol. The minimum absolute atomic E-state index is 0.145. The van der Waals surface area contributed by atoms with Crippen LogP contribution in [0, 0.1) is 0 Å². The zero-order valence-electron chi connectivity index (χ0n) is 16.4. The first-order chi connectivity index (χ1) is 13.9. The molecule has 9 heteroatoms. The number of hydrogen-bond donors (Lipinski definition) is 1. The first-order valence-corrected chi connectivity index (χ1v) is 9.50. The van der Waals surface area contributed by atoms with Crippen LogP contribution in [0.4, 0.5) is 0 Å². The molecule has 0 spiro atoms. The van der Waals surface area contributed by atoms with Crippen LogP contribution in [0.1, 0.15) is 26.6 Å². The lowest BCUT2D eigenvalue weighted by atomic mass is 10.1. The number of rotatable bonds is 8. The van der Waals surface area contributed by atoms with Crippen molar-refractivity contribution in [1.82, 2.24) is 25.5 Å². The average molecular weight is 416 g/mol. The standard InChI is InChI=1S/C20H22ClN5O3/c1-4-28-16-11-7-15(8-12-16)26-18(23-24-25-26)13-22-19(27)20(2,3)29-17-9-5-14(21)6-10-17/h5-12H,4,13H2,1-3H3,(H,22,27). The molecule has 3 aromatic rings. The van der Waals surface area contributed by atoms with Crippen LogP contribution in [0.25, 0.3) is 5.69 Å². The lowest BCUT2D eigenvalue weighted by Gasteiger charge is -2.25. The van der Waals surface area contributed by atoms with E-state index in [1.54, 1.807) is 42.8 Å². The van der Waals surface area contributed by atoms with E-state index in [2.05, 4.69) is 20.8 Å². The third-order valence-electron chi connectivity index (χ3n) is 4.07. The van der Waals surface area contributed by atoms with Crippen LogP contribution in [-0.4, -0.2) is 38.3 Å². The smallest absolute Gasteiger partial charge is 0.263 e.